The van der Waals surface area contributed by atoms with Crippen LogP contribution in [0.1, 0.15) is 58.5 Å². The molecule has 6 rings (SSSR count). The van der Waals surface area contributed by atoms with Crippen LogP contribution in [-0.2, 0) is 6.40 Å². The average Bonchev–Trinajstić information content (AvgIpc) is 2.64. The Hall–Kier alpha value is -1.06. The third kappa shape index (κ3) is 2.32. The summed E-state index contributed by atoms with van der Waals surface area (Å²) in [6.45, 7) is 0.706. The van der Waals surface area contributed by atoms with Crippen molar-refractivity contribution in [1.29, 1.82) is 0 Å². The Morgan fingerprint density at radius 2 is 2.04 bits per heavy atom. The standard InChI is InChI=1S/C19H24N2O.ClH/c22-19-16-6-2-4-14-3-1-5-15(18(14)16)11-21(19)17-12-20-9-7-13(17)8-10-20;/h2,4,6,13,15,17H,1,3,5,7-12H2;1H/t15-,17-;/m1./s1/i3D,11D2,15D;/t3?,15-,17-;. The van der Waals surface area contributed by atoms with Crippen molar-refractivity contribution in [2.75, 3.05) is 26.1 Å². The van der Waals surface area contributed by atoms with Gasteiger partial charge in [0.2, 0.25) is 0 Å². The minimum Gasteiger partial charge on any atom is -0.333 e. The van der Waals surface area contributed by atoms with Gasteiger partial charge in [-0.1, -0.05) is 12.1 Å². The molecule has 1 aliphatic carbocycles. The van der Waals surface area contributed by atoms with Crippen molar-refractivity contribution in [3.8, 4) is 0 Å². The minimum absolute atomic E-state index is 0. The van der Waals surface area contributed by atoms with Crippen LogP contribution in [-0.4, -0.2) is 47.9 Å². The number of benzene rings is 1. The summed E-state index contributed by atoms with van der Waals surface area (Å²) in [6, 6.07) is 5.15. The number of piperidine rings is 3. The van der Waals surface area contributed by atoms with E-state index in [0.29, 0.717) is 35.6 Å². The second-order valence-electron chi connectivity index (χ2n) is 6.98. The zero-order valence-corrected chi connectivity index (χ0v) is 13.9. The average molecular weight is 337 g/mol. The van der Waals surface area contributed by atoms with E-state index in [1.807, 2.05) is 0 Å². The highest BCUT2D eigenvalue weighted by atomic mass is 35.5. The molecule has 3 nitrogen and oxygen atoms in total. The van der Waals surface area contributed by atoms with Crippen LogP contribution in [0.4, 0.5) is 0 Å². The van der Waals surface area contributed by atoms with E-state index in [1.54, 1.807) is 18.2 Å². The maximum absolute atomic E-state index is 13.4. The van der Waals surface area contributed by atoms with E-state index in [2.05, 4.69) is 4.90 Å². The zero-order valence-electron chi connectivity index (χ0n) is 17.1. The van der Waals surface area contributed by atoms with Gasteiger partial charge in [-0.2, -0.15) is 0 Å². The third-order valence-corrected chi connectivity index (χ3v) is 5.81. The molecule has 3 fully saturated rings. The Labute approximate surface area is 150 Å². The molecule has 2 bridgehead atoms. The lowest BCUT2D eigenvalue weighted by Gasteiger charge is -2.51. The van der Waals surface area contributed by atoms with E-state index in [0.717, 1.165) is 25.9 Å². The number of carbonyl (C=O) groups excluding carboxylic acids is 1. The molecule has 1 unspecified atom stereocenters. The molecule has 1 aromatic rings. The quantitative estimate of drug-likeness (QED) is 0.787. The zero-order chi connectivity index (χ0) is 18.3. The lowest BCUT2D eigenvalue weighted by molar-refractivity contribution is 0.00258. The van der Waals surface area contributed by atoms with Crippen LogP contribution < -0.4 is 0 Å². The molecule has 124 valence electrons. The fourth-order valence-electron chi connectivity index (χ4n) is 4.65. The van der Waals surface area contributed by atoms with Gasteiger partial charge in [-0.3, -0.25) is 4.79 Å². The number of fused-ring (bicyclic) bond motifs is 3. The second kappa shape index (κ2) is 5.78. The molecule has 1 amide bonds. The highest BCUT2D eigenvalue weighted by Crippen LogP contribution is 2.41. The van der Waals surface area contributed by atoms with Gasteiger partial charge in [-0.15, -0.1) is 12.4 Å². The SMILES string of the molecule is Cl.[2H]C1CC[C@@]2([2H])c3c(cccc31)C(=O)N([C@@H]1CN3CCC1CC3)C2([2H])[2H]. The summed E-state index contributed by atoms with van der Waals surface area (Å²) in [4.78, 5) is 17.2. The van der Waals surface area contributed by atoms with Crippen LogP contribution in [0.3, 0.4) is 0 Å². The molecule has 0 N–H and O–H groups in total. The van der Waals surface area contributed by atoms with E-state index in [4.69, 9.17) is 5.48 Å². The second-order valence-corrected chi connectivity index (χ2v) is 6.98. The van der Waals surface area contributed by atoms with Crippen LogP contribution >= 0.6 is 12.4 Å². The summed E-state index contributed by atoms with van der Waals surface area (Å²) < 4.78 is 35.3. The monoisotopic (exact) mass is 336 g/mol. The Kier molecular flexibility index (Phi) is 2.89. The molecule has 0 spiro atoms. The Bertz CT molecular complexity index is 783. The predicted molar refractivity (Wildman–Crippen MR) is 93.4 cm³/mol. The summed E-state index contributed by atoms with van der Waals surface area (Å²) >= 11 is 0. The molecule has 0 saturated carbocycles. The molecular formula is C19H25ClN2O. The first-order valence-corrected chi connectivity index (χ1v) is 8.46. The summed E-state index contributed by atoms with van der Waals surface area (Å²) in [5, 5.41) is 0. The van der Waals surface area contributed by atoms with Crippen LogP contribution in [0.25, 0.3) is 0 Å². The van der Waals surface area contributed by atoms with Gasteiger partial charge in [0.1, 0.15) is 0 Å². The Balaban J connectivity index is 0.00000180. The number of carbonyl (C=O) groups is 1. The Morgan fingerprint density at radius 1 is 1.22 bits per heavy atom. The topological polar surface area (TPSA) is 23.6 Å². The van der Waals surface area contributed by atoms with Crippen LogP contribution in [0.15, 0.2) is 18.2 Å². The molecule has 5 aliphatic rings. The molecule has 4 heterocycles. The third-order valence-electron chi connectivity index (χ3n) is 5.81. The fourth-order valence-corrected chi connectivity index (χ4v) is 4.65. The summed E-state index contributed by atoms with van der Waals surface area (Å²) in [5.74, 6) is -1.46. The minimum atomic E-state index is -2.06. The van der Waals surface area contributed by atoms with Crippen molar-refractivity contribution in [1.82, 2.24) is 9.80 Å². The lowest BCUT2D eigenvalue weighted by atomic mass is 9.75. The van der Waals surface area contributed by atoms with Crippen molar-refractivity contribution in [2.24, 2.45) is 5.92 Å². The van der Waals surface area contributed by atoms with Crippen molar-refractivity contribution in [3.05, 3.63) is 34.9 Å². The molecule has 3 saturated heterocycles. The van der Waals surface area contributed by atoms with Gasteiger partial charge in [0.15, 0.2) is 0 Å². The van der Waals surface area contributed by atoms with Gasteiger partial charge in [-0.05, 0) is 68.3 Å². The maximum Gasteiger partial charge on any atom is 0.254 e. The normalized spacial score (nSPS) is 45.9. The fraction of sp³-hybridized carbons (Fsp3) is 0.632. The summed E-state index contributed by atoms with van der Waals surface area (Å²) in [5.41, 5.74) is 1.58. The first-order chi connectivity index (χ1) is 12.3. The number of aryl methyl sites for hydroxylation is 1. The number of halogens is 1. The van der Waals surface area contributed by atoms with E-state index in [-0.39, 0.29) is 30.8 Å². The molecule has 23 heavy (non-hydrogen) atoms. The number of rotatable bonds is 1. The van der Waals surface area contributed by atoms with Gasteiger partial charge >= 0.3 is 0 Å². The van der Waals surface area contributed by atoms with Gasteiger partial charge < -0.3 is 9.80 Å². The molecule has 0 aromatic heterocycles. The molecule has 1 aromatic carbocycles. The number of hydrogen-bond acceptors (Lipinski definition) is 2. The van der Waals surface area contributed by atoms with Gasteiger partial charge in [0.25, 0.3) is 5.91 Å². The van der Waals surface area contributed by atoms with Gasteiger partial charge in [-0.25, -0.2) is 0 Å². The molecule has 4 aliphatic heterocycles. The van der Waals surface area contributed by atoms with Crippen LogP contribution in [0.2, 0.25) is 0 Å². The number of hydrogen-bond donors (Lipinski definition) is 0. The highest BCUT2D eigenvalue weighted by molar-refractivity contribution is 5.98. The van der Waals surface area contributed by atoms with E-state index < -0.39 is 18.8 Å². The van der Waals surface area contributed by atoms with E-state index in [1.165, 1.54) is 4.90 Å². The number of amides is 1. The molecule has 3 atom stereocenters. The lowest BCUT2D eigenvalue weighted by Crippen LogP contribution is -2.60. The van der Waals surface area contributed by atoms with Crippen molar-refractivity contribution < 1.29 is 10.3 Å². The van der Waals surface area contributed by atoms with Gasteiger partial charge in [0, 0.05) is 33.3 Å². The molecular weight excluding hydrogens is 308 g/mol. The van der Waals surface area contributed by atoms with Crippen molar-refractivity contribution >= 4 is 18.3 Å². The van der Waals surface area contributed by atoms with Gasteiger partial charge in [0.05, 0.1) is 2.74 Å². The predicted octanol–water partition coefficient (Wildman–Crippen LogP) is 3.08. The van der Waals surface area contributed by atoms with Crippen LogP contribution in [0, 0.1) is 5.92 Å². The highest BCUT2D eigenvalue weighted by Gasteiger charge is 2.43. The maximum atomic E-state index is 13.4. The smallest absolute Gasteiger partial charge is 0.254 e. The first-order valence-electron chi connectivity index (χ1n) is 10.5. The first kappa shape index (κ1) is 11.5. The largest absolute Gasteiger partial charge is 0.333 e. The summed E-state index contributed by atoms with van der Waals surface area (Å²) in [7, 11) is 0. The molecule has 4 heteroatoms. The molecule has 0 radical (unpaired) electrons. The summed E-state index contributed by atoms with van der Waals surface area (Å²) in [6.07, 6.45) is 2.26. The van der Waals surface area contributed by atoms with Crippen molar-refractivity contribution in [2.45, 2.75) is 44.0 Å². The van der Waals surface area contributed by atoms with Crippen molar-refractivity contribution in [3.63, 3.8) is 0 Å². The van der Waals surface area contributed by atoms with E-state index >= 15 is 0 Å². The Morgan fingerprint density at radius 3 is 2.78 bits per heavy atom. The number of nitrogens with zero attached hydrogens (tertiary/aromatic N) is 2. The van der Waals surface area contributed by atoms with Crippen LogP contribution in [0.5, 0.6) is 0 Å². The van der Waals surface area contributed by atoms with E-state index in [9.17, 15) is 4.79 Å².